The largest absolute Gasteiger partial charge is 0.446 e. The van der Waals surface area contributed by atoms with E-state index in [1.54, 1.807) is 10.5 Å². The molecule has 61 heavy (non-hydrogen) atoms. The molecule has 0 heterocycles. The zero-order valence-electron chi connectivity index (χ0n) is 40.6. The van der Waals surface area contributed by atoms with E-state index in [0.29, 0.717) is 38.0 Å². The number of nitrogens with zero attached hydrogens (tertiary/aromatic N) is 1. The number of alkyl carbamates (subject to hydrolysis) is 1. The molecule has 4 rings (SSSR count). The highest BCUT2D eigenvalue weighted by Crippen LogP contribution is 2.67. The Morgan fingerprint density at radius 3 is 2.11 bits per heavy atom. The molecule has 8 heteroatoms. The van der Waals surface area contributed by atoms with Gasteiger partial charge in [-0.3, -0.25) is 9.59 Å². The number of ether oxygens (including phenoxy) is 1. The Balaban J connectivity index is 1.14. The topological polar surface area (TPSA) is 114 Å². The summed E-state index contributed by atoms with van der Waals surface area (Å²) in [4.78, 5) is 40.7. The molecule has 0 bridgehead atoms. The average molecular weight is 853 g/mol. The van der Waals surface area contributed by atoms with Gasteiger partial charge in [-0.15, -0.1) is 0 Å². The third-order valence-corrected chi connectivity index (χ3v) is 16.5. The number of unbranched alkanes of at least 4 members (excludes halogenated alkanes) is 13. The number of fused-ring (bicyclic) bond motifs is 5. The van der Waals surface area contributed by atoms with Crippen molar-refractivity contribution in [3.05, 3.63) is 11.6 Å². The molecule has 4 aliphatic carbocycles. The van der Waals surface area contributed by atoms with Gasteiger partial charge in [0, 0.05) is 32.5 Å². The van der Waals surface area contributed by atoms with Crippen molar-refractivity contribution in [3.63, 3.8) is 0 Å². The molecule has 0 radical (unpaired) electrons. The normalized spacial score (nSPS) is 27.4. The van der Waals surface area contributed by atoms with Crippen LogP contribution in [0.4, 0.5) is 4.79 Å². The van der Waals surface area contributed by atoms with E-state index in [0.717, 1.165) is 86.9 Å². The first-order valence-corrected chi connectivity index (χ1v) is 26.3. The highest BCUT2D eigenvalue weighted by atomic mass is 16.6. The predicted octanol–water partition coefficient (Wildman–Crippen LogP) is 12.7. The number of hydrogen-bond donors (Lipinski definition) is 3. The molecule has 4 N–H and O–H groups in total. The van der Waals surface area contributed by atoms with Gasteiger partial charge in [0.05, 0.1) is 6.54 Å². The number of hydrogen-bond acceptors (Lipinski definition) is 5. The molecule has 0 spiro atoms. The van der Waals surface area contributed by atoms with Crippen LogP contribution >= 0.6 is 0 Å². The first-order valence-electron chi connectivity index (χ1n) is 26.3. The molecule has 0 saturated heterocycles. The number of carbonyl (C=O) groups excluding carboxylic acids is 3. The molecule has 3 fully saturated rings. The van der Waals surface area contributed by atoms with E-state index >= 15 is 0 Å². The Morgan fingerprint density at radius 2 is 1.44 bits per heavy atom. The van der Waals surface area contributed by atoms with Gasteiger partial charge in [-0.05, 0) is 124 Å². The number of rotatable bonds is 30. The number of allylic oxidation sites excluding steroid dienone is 1. The summed E-state index contributed by atoms with van der Waals surface area (Å²) in [6.45, 7) is 16.9. The Morgan fingerprint density at radius 1 is 0.770 bits per heavy atom. The van der Waals surface area contributed by atoms with Crippen LogP contribution in [0.25, 0.3) is 0 Å². The molecule has 3 amide bonds. The van der Waals surface area contributed by atoms with Gasteiger partial charge in [0.1, 0.15) is 6.10 Å². The second-order valence-corrected chi connectivity index (χ2v) is 21.5. The van der Waals surface area contributed by atoms with Crippen LogP contribution in [-0.2, 0) is 14.3 Å². The van der Waals surface area contributed by atoms with Crippen LogP contribution in [0.3, 0.4) is 0 Å². The number of carbonyl (C=O) groups is 3. The van der Waals surface area contributed by atoms with Crippen molar-refractivity contribution < 1.29 is 19.1 Å². The molecule has 0 unspecified atom stereocenters. The fourth-order valence-corrected chi connectivity index (χ4v) is 12.9. The lowest BCUT2D eigenvalue weighted by Gasteiger charge is -2.58. The summed E-state index contributed by atoms with van der Waals surface area (Å²) in [5.74, 6) is 4.85. The zero-order valence-corrected chi connectivity index (χ0v) is 40.6. The van der Waals surface area contributed by atoms with E-state index in [2.05, 4.69) is 58.3 Å². The lowest BCUT2D eigenvalue weighted by atomic mass is 9.47. The summed E-state index contributed by atoms with van der Waals surface area (Å²) in [6.07, 6.45) is 35.2. The van der Waals surface area contributed by atoms with Crippen LogP contribution in [0.2, 0.25) is 0 Å². The van der Waals surface area contributed by atoms with Crippen molar-refractivity contribution in [1.29, 1.82) is 0 Å². The van der Waals surface area contributed by atoms with E-state index in [4.69, 9.17) is 10.5 Å². The molecular weight excluding hydrogens is 757 g/mol. The first-order chi connectivity index (χ1) is 29.4. The maximum Gasteiger partial charge on any atom is 0.407 e. The number of amides is 3. The molecule has 3 saturated carbocycles. The fourth-order valence-electron chi connectivity index (χ4n) is 12.9. The minimum absolute atomic E-state index is 0.0499. The second-order valence-electron chi connectivity index (χ2n) is 21.5. The summed E-state index contributed by atoms with van der Waals surface area (Å²) < 4.78 is 6.05. The van der Waals surface area contributed by atoms with Crippen LogP contribution in [0.5, 0.6) is 0 Å². The van der Waals surface area contributed by atoms with Gasteiger partial charge in [0.15, 0.2) is 0 Å². The van der Waals surface area contributed by atoms with Gasteiger partial charge < -0.3 is 26.0 Å². The minimum atomic E-state index is -0.328. The van der Waals surface area contributed by atoms with Gasteiger partial charge >= 0.3 is 6.09 Å². The highest BCUT2D eigenvalue weighted by molar-refractivity contribution is 5.84. The second kappa shape index (κ2) is 27.3. The molecule has 0 aliphatic heterocycles. The Bertz CT molecular complexity index is 1320. The zero-order chi connectivity index (χ0) is 44.1. The molecule has 0 aromatic heterocycles. The van der Waals surface area contributed by atoms with E-state index < -0.39 is 0 Å². The lowest BCUT2D eigenvalue weighted by molar-refractivity contribution is -0.136. The van der Waals surface area contributed by atoms with Crippen molar-refractivity contribution in [2.24, 2.45) is 52.1 Å². The Labute approximate surface area is 375 Å². The van der Waals surface area contributed by atoms with Crippen molar-refractivity contribution in [2.75, 3.05) is 32.7 Å². The van der Waals surface area contributed by atoms with Crippen molar-refractivity contribution in [2.45, 2.75) is 227 Å². The van der Waals surface area contributed by atoms with Crippen LogP contribution in [-0.4, -0.2) is 61.6 Å². The fraction of sp³-hybridized carbons (Fsp3) is 0.906. The van der Waals surface area contributed by atoms with Crippen LogP contribution in [0, 0.1) is 46.3 Å². The molecular formula is C53H96N4O4. The molecule has 0 aromatic rings. The molecule has 8 atom stereocenters. The summed E-state index contributed by atoms with van der Waals surface area (Å²) in [6, 6.07) is 0. The third-order valence-electron chi connectivity index (χ3n) is 16.5. The molecule has 4 aliphatic rings. The van der Waals surface area contributed by atoms with E-state index in [9.17, 15) is 14.4 Å². The predicted molar refractivity (Wildman–Crippen MR) is 254 cm³/mol. The van der Waals surface area contributed by atoms with Gasteiger partial charge in [0.2, 0.25) is 11.8 Å². The first kappa shape index (κ1) is 51.5. The quantitative estimate of drug-likeness (QED) is 0.0492. The van der Waals surface area contributed by atoms with Crippen LogP contribution < -0.4 is 16.4 Å². The molecule has 0 aromatic carbocycles. The summed E-state index contributed by atoms with van der Waals surface area (Å²) in [5, 5.41) is 5.91. The molecule has 8 nitrogen and oxygen atoms in total. The van der Waals surface area contributed by atoms with Gasteiger partial charge in [0.25, 0.3) is 0 Å². The summed E-state index contributed by atoms with van der Waals surface area (Å²) in [7, 11) is 0. The SMILES string of the molecule is CCCCCCCCCCCCCCCC(=O)N(CCCCNC(=O)O[C@H]1CC[C@@]2(C)C(=CC[C@H]3[C@@H]4CC[C@H]([C@H](C)CCCC(C)C)[C@@]4(C)CC[C@@H]32)C1)CC(=O)NCCCN. The van der Waals surface area contributed by atoms with E-state index in [1.165, 1.54) is 122 Å². The van der Waals surface area contributed by atoms with Crippen LogP contribution in [0.15, 0.2) is 11.6 Å². The minimum Gasteiger partial charge on any atom is -0.446 e. The number of nitrogens with two attached hydrogens (primary N) is 1. The van der Waals surface area contributed by atoms with Gasteiger partial charge in [-0.2, -0.15) is 0 Å². The standard InChI is InChI=1S/C53H96N4O4/c1-7-8-9-10-11-12-13-14-15-16-17-18-19-26-50(59)57(40-49(58)55-37-23-35-54)38-21-20-36-56-51(60)61-44-31-33-52(5)43(39-44)27-28-45-47-30-29-46(42(4)25-22-24-41(2)3)53(47,6)34-32-48(45)52/h27,41-42,44-48H,7-26,28-40,54H2,1-6H3,(H,55,58)(H,56,60)/t42-,44+,45+,46-,47+,48+,52+,53-/m1/s1. The smallest absolute Gasteiger partial charge is 0.407 e. The Hall–Kier alpha value is -2.09. The van der Waals surface area contributed by atoms with Crippen molar-refractivity contribution in [1.82, 2.24) is 15.5 Å². The van der Waals surface area contributed by atoms with Gasteiger partial charge in [-0.1, -0.05) is 150 Å². The summed E-state index contributed by atoms with van der Waals surface area (Å²) >= 11 is 0. The average Bonchev–Trinajstić information content (AvgIpc) is 3.59. The highest BCUT2D eigenvalue weighted by Gasteiger charge is 2.59. The monoisotopic (exact) mass is 853 g/mol. The van der Waals surface area contributed by atoms with Crippen molar-refractivity contribution >= 4 is 17.9 Å². The lowest BCUT2D eigenvalue weighted by Crippen LogP contribution is -2.51. The maximum absolute atomic E-state index is 13.3. The Kier molecular flexibility index (Phi) is 23.1. The summed E-state index contributed by atoms with van der Waals surface area (Å²) in [5.41, 5.74) is 7.89. The maximum atomic E-state index is 13.3. The van der Waals surface area contributed by atoms with E-state index in [-0.39, 0.29) is 36.0 Å². The van der Waals surface area contributed by atoms with E-state index in [1.807, 2.05) is 0 Å². The third kappa shape index (κ3) is 16.1. The van der Waals surface area contributed by atoms with Crippen LogP contribution in [0.1, 0.15) is 221 Å². The number of nitrogens with one attached hydrogen (secondary N) is 2. The van der Waals surface area contributed by atoms with Gasteiger partial charge in [-0.25, -0.2) is 4.79 Å². The van der Waals surface area contributed by atoms with Crippen molar-refractivity contribution in [3.8, 4) is 0 Å². The molecule has 352 valence electrons.